The van der Waals surface area contributed by atoms with Crippen LogP contribution in [0.1, 0.15) is 41.0 Å². The van der Waals surface area contributed by atoms with Crippen LogP contribution >= 0.6 is 0 Å². The monoisotopic (exact) mass is 426 g/mol. The number of para-hydroxylation sites is 2. The molecule has 2 amide bonds. The van der Waals surface area contributed by atoms with Crippen LogP contribution in [0.2, 0.25) is 0 Å². The van der Waals surface area contributed by atoms with E-state index in [2.05, 4.69) is 5.10 Å². The number of aryl methyl sites for hydroxylation is 2. The third-order valence-electron chi connectivity index (χ3n) is 4.73. The molecule has 0 bridgehead atoms. The summed E-state index contributed by atoms with van der Waals surface area (Å²) >= 11 is 0. The maximum atomic E-state index is 11.4. The van der Waals surface area contributed by atoms with E-state index in [9.17, 15) is 22.8 Å². The van der Waals surface area contributed by atoms with E-state index in [1.165, 1.54) is 6.42 Å². The van der Waals surface area contributed by atoms with Crippen LogP contribution in [0.3, 0.4) is 0 Å². The third-order valence-corrected chi connectivity index (χ3v) is 4.73. The number of rotatable bonds is 1. The van der Waals surface area contributed by atoms with Crippen LogP contribution in [-0.2, 0) is 24.7 Å². The number of hydrogen-bond donors (Lipinski definition) is 1. The van der Waals surface area contributed by atoms with Gasteiger partial charge in [-0.1, -0.05) is 12.1 Å². The number of primary amides is 1. The summed E-state index contributed by atoms with van der Waals surface area (Å²) in [6.45, 7) is -3.19. The molecule has 0 unspecified atom stereocenters. The highest BCUT2D eigenvalue weighted by Gasteiger charge is 2.22. The zero-order valence-corrected chi connectivity index (χ0v) is 16.9. The molecule has 4 rings (SSSR count). The molecule has 2 aromatic rings. The second-order valence-electron chi connectivity index (χ2n) is 6.74. The maximum absolute atomic E-state index is 11.4. The lowest BCUT2D eigenvalue weighted by atomic mass is 9.96. The zero-order valence-electron chi connectivity index (χ0n) is 16.9. The van der Waals surface area contributed by atoms with Gasteiger partial charge in [-0.2, -0.15) is 18.3 Å². The van der Waals surface area contributed by atoms with Gasteiger partial charge >= 0.3 is 6.68 Å². The molecule has 0 fully saturated rings. The van der Waals surface area contributed by atoms with Gasteiger partial charge in [0.25, 0.3) is 5.91 Å². The minimum Gasteiger partial charge on any atom is -0.491 e. The molecule has 10 heteroatoms. The van der Waals surface area contributed by atoms with Crippen molar-refractivity contribution in [2.75, 3.05) is 18.6 Å². The van der Waals surface area contributed by atoms with Crippen molar-refractivity contribution in [3.63, 3.8) is 0 Å². The van der Waals surface area contributed by atoms with Crippen LogP contribution in [0, 0.1) is 0 Å². The Bertz CT molecular complexity index is 883. The number of fused-ring (bicyclic) bond motifs is 2. The van der Waals surface area contributed by atoms with Crippen molar-refractivity contribution >= 4 is 17.5 Å². The van der Waals surface area contributed by atoms with E-state index in [0.717, 1.165) is 42.0 Å². The number of nitrogens with two attached hydrogens (primary N) is 1. The van der Waals surface area contributed by atoms with Crippen LogP contribution in [0.5, 0.6) is 5.75 Å². The minimum atomic E-state index is -3.67. The quantitative estimate of drug-likeness (QED) is 0.759. The van der Waals surface area contributed by atoms with Gasteiger partial charge in [-0.05, 0) is 37.8 Å². The minimum absolute atomic E-state index is 0.102. The van der Waals surface area contributed by atoms with Crippen molar-refractivity contribution in [3.8, 4) is 5.75 Å². The zero-order chi connectivity index (χ0) is 22.3. The van der Waals surface area contributed by atoms with Crippen LogP contribution < -0.4 is 15.4 Å². The first-order valence-electron chi connectivity index (χ1n) is 9.47. The molecule has 0 radical (unpaired) electrons. The average molecular weight is 426 g/mol. The van der Waals surface area contributed by atoms with Gasteiger partial charge in [-0.3, -0.25) is 14.3 Å². The summed E-state index contributed by atoms with van der Waals surface area (Å²) in [7, 11) is 3.55. The van der Waals surface area contributed by atoms with E-state index in [1.54, 1.807) is 23.7 Å². The Morgan fingerprint density at radius 3 is 2.43 bits per heavy atom. The standard InChI is InChI=1S/C10H11NO2.C9H13N3O.CHF3/c1-11-8-4-2-3-5-9(8)13-7-6-10(11)12;1-12-8(9(10)13)6-4-2-3-5-7(6)11-12;2-1(3)4/h2-5H,6-7H2,1H3;2-5H2,1H3,(H2,10,13);1H. The van der Waals surface area contributed by atoms with Gasteiger partial charge in [-0.15, -0.1) is 0 Å². The van der Waals surface area contributed by atoms with E-state index in [4.69, 9.17) is 10.5 Å². The van der Waals surface area contributed by atoms with Gasteiger partial charge < -0.3 is 15.4 Å². The van der Waals surface area contributed by atoms with E-state index in [0.29, 0.717) is 18.7 Å². The Morgan fingerprint density at radius 1 is 1.13 bits per heavy atom. The van der Waals surface area contributed by atoms with Crippen molar-refractivity contribution in [1.29, 1.82) is 0 Å². The van der Waals surface area contributed by atoms with Gasteiger partial charge in [0.2, 0.25) is 5.91 Å². The van der Waals surface area contributed by atoms with Gasteiger partial charge in [0, 0.05) is 19.7 Å². The number of alkyl halides is 3. The largest absolute Gasteiger partial charge is 0.491 e. The molecule has 0 atom stereocenters. The second kappa shape index (κ2) is 10.7. The third kappa shape index (κ3) is 5.98. The van der Waals surface area contributed by atoms with Gasteiger partial charge in [0.1, 0.15) is 11.4 Å². The summed E-state index contributed by atoms with van der Waals surface area (Å²) in [5.74, 6) is 0.527. The fraction of sp³-hybridized carbons (Fsp3) is 0.450. The number of amides is 2. The van der Waals surface area contributed by atoms with Gasteiger partial charge in [0.15, 0.2) is 0 Å². The van der Waals surface area contributed by atoms with Gasteiger partial charge in [-0.25, -0.2) is 0 Å². The molecule has 0 spiro atoms. The number of hydrogen-bond acceptors (Lipinski definition) is 4. The number of carbonyl (C=O) groups is 2. The van der Waals surface area contributed by atoms with E-state index < -0.39 is 6.68 Å². The Kier molecular flexibility index (Phi) is 8.25. The Labute approximate surface area is 172 Å². The Morgan fingerprint density at radius 2 is 1.77 bits per heavy atom. The first-order chi connectivity index (χ1) is 14.2. The SMILES string of the molecule is CN1C(=O)CCOc2ccccc21.Cn1nc2c(c1C(N)=O)CCCC2.FC(F)F. The molecule has 0 saturated carbocycles. The molecule has 1 aromatic carbocycles. The fourth-order valence-electron chi connectivity index (χ4n) is 3.40. The predicted molar refractivity (Wildman–Crippen MR) is 105 cm³/mol. The number of halogens is 3. The fourth-order valence-corrected chi connectivity index (χ4v) is 3.40. The molecule has 1 aromatic heterocycles. The second-order valence-corrected chi connectivity index (χ2v) is 6.74. The highest BCUT2D eigenvalue weighted by atomic mass is 19.4. The van der Waals surface area contributed by atoms with E-state index in [-0.39, 0.29) is 11.8 Å². The van der Waals surface area contributed by atoms with Crippen molar-refractivity contribution in [2.45, 2.75) is 38.8 Å². The lowest BCUT2D eigenvalue weighted by Gasteiger charge is -2.15. The molecule has 164 valence electrons. The lowest BCUT2D eigenvalue weighted by molar-refractivity contribution is -0.118. The highest BCUT2D eigenvalue weighted by molar-refractivity contribution is 5.95. The molecule has 2 heterocycles. The van der Waals surface area contributed by atoms with Crippen LogP contribution in [0.15, 0.2) is 24.3 Å². The molecule has 30 heavy (non-hydrogen) atoms. The number of ether oxygens (including phenoxy) is 1. The number of carbonyl (C=O) groups excluding carboxylic acids is 2. The molecular formula is C20H25F3N4O3. The number of nitrogens with zero attached hydrogens (tertiary/aromatic N) is 3. The lowest BCUT2D eigenvalue weighted by Crippen LogP contribution is -2.24. The summed E-state index contributed by atoms with van der Waals surface area (Å²) in [6.07, 6.45) is 4.68. The molecular weight excluding hydrogens is 401 g/mol. The molecule has 1 aliphatic carbocycles. The van der Waals surface area contributed by atoms with Crippen LogP contribution in [0.25, 0.3) is 0 Å². The number of benzene rings is 1. The molecule has 1 aliphatic heterocycles. The normalized spacial score (nSPS) is 14.9. The van der Waals surface area contributed by atoms with E-state index >= 15 is 0 Å². The molecule has 2 N–H and O–H groups in total. The first-order valence-corrected chi connectivity index (χ1v) is 9.47. The first kappa shape index (κ1) is 23.2. The van der Waals surface area contributed by atoms with Crippen LogP contribution in [-0.4, -0.2) is 41.9 Å². The van der Waals surface area contributed by atoms with Gasteiger partial charge in [0.05, 0.1) is 24.4 Å². The van der Waals surface area contributed by atoms with Crippen LogP contribution in [0.4, 0.5) is 18.9 Å². The average Bonchev–Trinajstić information content (AvgIpc) is 2.96. The van der Waals surface area contributed by atoms with E-state index in [1.807, 2.05) is 24.3 Å². The highest BCUT2D eigenvalue weighted by Crippen LogP contribution is 2.29. The molecule has 7 nitrogen and oxygen atoms in total. The summed E-state index contributed by atoms with van der Waals surface area (Å²) in [5.41, 5.74) is 8.86. The van der Waals surface area contributed by atoms with Crippen molar-refractivity contribution in [3.05, 3.63) is 41.2 Å². The Hall–Kier alpha value is -3.04. The topological polar surface area (TPSA) is 90.4 Å². The summed E-state index contributed by atoms with van der Waals surface area (Å²) in [6, 6.07) is 7.57. The van der Waals surface area contributed by atoms with Crippen molar-refractivity contribution in [1.82, 2.24) is 9.78 Å². The summed E-state index contributed by atoms with van der Waals surface area (Å²) < 4.78 is 36.0. The number of anilines is 1. The Balaban J connectivity index is 0.000000182. The maximum Gasteiger partial charge on any atom is 0.379 e. The predicted octanol–water partition coefficient (Wildman–Crippen LogP) is 3.01. The number of aromatic nitrogens is 2. The summed E-state index contributed by atoms with van der Waals surface area (Å²) in [5, 5.41) is 4.29. The molecule has 0 saturated heterocycles. The van der Waals surface area contributed by atoms with Crippen molar-refractivity contribution < 1.29 is 27.5 Å². The smallest absolute Gasteiger partial charge is 0.379 e. The summed E-state index contributed by atoms with van der Waals surface area (Å²) in [4.78, 5) is 24.2. The van der Waals surface area contributed by atoms with Crippen molar-refractivity contribution in [2.24, 2.45) is 12.8 Å². The molecule has 2 aliphatic rings.